The molecule has 1 aliphatic carbocycles. The normalized spacial score (nSPS) is 16.3. The molecule has 1 fully saturated rings. The Labute approximate surface area is 100 Å². The summed E-state index contributed by atoms with van der Waals surface area (Å²) in [5, 5.41) is 8.95. The Balaban J connectivity index is 1.81. The zero-order valence-electron chi connectivity index (χ0n) is 9.80. The smallest absolute Gasteiger partial charge is 0.407 e. The van der Waals surface area contributed by atoms with E-state index < -0.39 is 6.09 Å². The summed E-state index contributed by atoms with van der Waals surface area (Å²) in [6, 6.07) is 3.65. The Bertz CT molecular complexity index is 390. The lowest BCUT2D eigenvalue weighted by molar-refractivity contribution is 0.122. The van der Waals surface area contributed by atoms with Gasteiger partial charge in [0.2, 0.25) is 0 Å². The van der Waals surface area contributed by atoms with Gasteiger partial charge in [0.25, 0.3) is 0 Å². The first-order valence-electron chi connectivity index (χ1n) is 5.64. The van der Waals surface area contributed by atoms with Crippen LogP contribution in [-0.4, -0.2) is 40.3 Å². The Hall–Kier alpha value is -1.78. The van der Waals surface area contributed by atoms with Crippen molar-refractivity contribution in [2.75, 3.05) is 13.7 Å². The maximum absolute atomic E-state index is 10.9. The molecule has 1 aromatic rings. The van der Waals surface area contributed by atoms with Gasteiger partial charge < -0.3 is 14.7 Å². The minimum absolute atomic E-state index is 0.200. The molecular weight excluding hydrogens is 220 g/mol. The van der Waals surface area contributed by atoms with Gasteiger partial charge in [-0.05, 0) is 25.0 Å². The molecule has 0 aliphatic heterocycles. The summed E-state index contributed by atoms with van der Waals surface area (Å²) in [5.74, 6) is 0.723. The minimum atomic E-state index is -0.871. The van der Waals surface area contributed by atoms with Crippen LogP contribution in [0.15, 0.2) is 24.5 Å². The first-order chi connectivity index (χ1) is 8.14. The van der Waals surface area contributed by atoms with Crippen LogP contribution in [0.2, 0.25) is 0 Å². The van der Waals surface area contributed by atoms with E-state index in [1.807, 2.05) is 12.1 Å². The average molecular weight is 236 g/mol. The van der Waals surface area contributed by atoms with E-state index in [-0.39, 0.29) is 5.54 Å². The highest BCUT2D eigenvalue weighted by Gasteiger charge is 2.48. The molecule has 0 spiro atoms. The summed E-state index contributed by atoms with van der Waals surface area (Å²) in [6.07, 6.45) is 5.04. The third kappa shape index (κ3) is 2.67. The Kier molecular flexibility index (Phi) is 3.17. The maximum atomic E-state index is 10.9. The van der Waals surface area contributed by atoms with Crippen LogP contribution in [0, 0.1) is 0 Å². The summed E-state index contributed by atoms with van der Waals surface area (Å²) in [5.41, 5.74) is -0.200. The second kappa shape index (κ2) is 4.61. The van der Waals surface area contributed by atoms with E-state index in [9.17, 15) is 4.79 Å². The molecule has 0 radical (unpaired) electrons. The fourth-order valence-electron chi connectivity index (χ4n) is 1.89. The van der Waals surface area contributed by atoms with Crippen LogP contribution in [0.1, 0.15) is 19.3 Å². The number of ether oxygens (including phenoxy) is 1. The third-order valence-corrected chi connectivity index (χ3v) is 3.30. The molecule has 0 aromatic carbocycles. The number of amides is 1. The standard InChI is InChI=1S/C12H16N2O3/c1-14(11(15)16)12(4-5-12)6-8-17-10-3-2-7-13-9-10/h2-3,7,9H,4-6,8H2,1H3,(H,15,16). The number of nitrogens with zero attached hydrogens (tertiary/aromatic N) is 2. The van der Waals surface area contributed by atoms with Gasteiger partial charge in [0, 0.05) is 25.2 Å². The number of hydrogen-bond donors (Lipinski definition) is 1. The van der Waals surface area contributed by atoms with E-state index in [1.165, 1.54) is 4.90 Å². The molecule has 5 nitrogen and oxygen atoms in total. The molecule has 92 valence electrons. The van der Waals surface area contributed by atoms with Gasteiger partial charge in [0.15, 0.2) is 0 Å². The number of carboxylic acid groups (broad SMARTS) is 1. The lowest BCUT2D eigenvalue weighted by Crippen LogP contribution is -2.39. The fourth-order valence-corrected chi connectivity index (χ4v) is 1.89. The highest BCUT2D eigenvalue weighted by atomic mass is 16.5. The van der Waals surface area contributed by atoms with Crippen LogP contribution in [0.3, 0.4) is 0 Å². The zero-order valence-corrected chi connectivity index (χ0v) is 9.80. The monoisotopic (exact) mass is 236 g/mol. The van der Waals surface area contributed by atoms with Crippen LogP contribution in [0.4, 0.5) is 4.79 Å². The number of pyridine rings is 1. The summed E-state index contributed by atoms with van der Waals surface area (Å²) in [6.45, 7) is 0.517. The molecule has 1 heterocycles. The second-order valence-corrected chi connectivity index (χ2v) is 4.35. The largest absolute Gasteiger partial charge is 0.492 e. The van der Waals surface area contributed by atoms with Crippen LogP contribution < -0.4 is 4.74 Å². The molecule has 0 atom stereocenters. The van der Waals surface area contributed by atoms with Crippen LogP contribution in [0.25, 0.3) is 0 Å². The summed E-state index contributed by atoms with van der Waals surface area (Å²) in [7, 11) is 1.62. The predicted molar refractivity (Wildman–Crippen MR) is 62.1 cm³/mol. The van der Waals surface area contributed by atoms with E-state index in [0.29, 0.717) is 6.61 Å². The van der Waals surface area contributed by atoms with Crippen molar-refractivity contribution < 1.29 is 14.6 Å². The summed E-state index contributed by atoms with van der Waals surface area (Å²) in [4.78, 5) is 16.2. The van der Waals surface area contributed by atoms with Gasteiger partial charge in [-0.15, -0.1) is 0 Å². The van der Waals surface area contributed by atoms with Crippen molar-refractivity contribution in [2.24, 2.45) is 0 Å². The summed E-state index contributed by atoms with van der Waals surface area (Å²) >= 11 is 0. The van der Waals surface area contributed by atoms with Gasteiger partial charge in [0.1, 0.15) is 5.75 Å². The van der Waals surface area contributed by atoms with E-state index in [2.05, 4.69) is 4.98 Å². The van der Waals surface area contributed by atoms with Gasteiger partial charge in [-0.25, -0.2) is 4.79 Å². The molecule has 1 aliphatic rings. The third-order valence-electron chi connectivity index (χ3n) is 3.30. The van der Waals surface area contributed by atoms with E-state index in [4.69, 9.17) is 9.84 Å². The first-order valence-corrected chi connectivity index (χ1v) is 5.64. The van der Waals surface area contributed by atoms with Gasteiger partial charge in [0.05, 0.1) is 12.8 Å². The highest BCUT2D eigenvalue weighted by Crippen LogP contribution is 2.43. The van der Waals surface area contributed by atoms with Crippen molar-refractivity contribution in [2.45, 2.75) is 24.8 Å². The molecule has 1 amide bonds. The molecule has 5 heteroatoms. The molecule has 0 unspecified atom stereocenters. The van der Waals surface area contributed by atoms with Gasteiger partial charge in [-0.3, -0.25) is 4.98 Å². The van der Waals surface area contributed by atoms with Gasteiger partial charge in [-0.1, -0.05) is 0 Å². The van der Waals surface area contributed by atoms with E-state index in [1.54, 1.807) is 19.4 Å². The lowest BCUT2D eigenvalue weighted by Gasteiger charge is -2.25. The maximum Gasteiger partial charge on any atom is 0.407 e. The van der Waals surface area contributed by atoms with Crippen LogP contribution >= 0.6 is 0 Å². The fraction of sp³-hybridized carbons (Fsp3) is 0.500. The Morgan fingerprint density at radius 1 is 1.65 bits per heavy atom. The predicted octanol–water partition coefficient (Wildman–Crippen LogP) is 1.99. The molecule has 0 bridgehead atoms. The van der Waals surface area contributed by atoms with Crippen molar-refractivity contribution in [1.29, 1.82) is 0 Å². The molecule has 1 aromatic heterocycles. The number of hydrogen-bond acceptors (Lipinski definition) is 3. The summed E-state index contributed by atoms with van der Waals surface area (Å²) < 4.78 is 5.53. The van der Waals surface area contributed by atoms with Gasteiger partial charge in [-0.2, -0.15) is 0 Å². The van der Waals surface area contributed by atoms with E-state index >= 15 is 0 Å². The quantitative estimate of drug-likeness (QED) is 0.849. The first kappa shape index (κ1) is 11.7. The number of aromatic nitrogens is 1. The van der Waals surface area contributed by atoms with Crippen molar-refractivity contribution in [3.8, 4) is 5.75 Å². The van der Waals surface area contributed by atoms with E-state index in [0.717, 1.165) is 25.0 Å². The topological polar surface area (TPSA) is 62.7 Å². The minimum Gasteiger partial charge on any atom is -0.492 e. The molecular formula is C12H16N2O3. The van der Waals surface area contributed by atoms with Gasteiger partial charge >= 0.3 is 6.09 Å². The second-order valence-electron chi connectivity index (χ2n) is 4.35. The molecule has 1 saturated carbocycles. The number of rotatable bonds is 5. The van der Waals surface area contributed by atoms with Crippen molar-refractivity contribution in [1.82, 2.24) is 9.88 Å². The molecule has 2 rings (SSSR count). The van der Waals surface area contributed by atoms with Crippen LogP contribution in [0.5, 0.6) is 5.75 Å². The Morgan fingerprint density at radius 3 is 2.94 bits per heavy atom. The SMILES string of the molecule is CN(C(=O)O)C1(CCOc2cccnc2)CC1. The average Bonchev–Trinajstić information content (AvgIpc) is 3.10. The van der Waals surface area contributed by atoms with Crippen molar-refractivity contribution in [3.05, 3.63) is 24.5 Å². The molecule has 0 saturated heterocycles. The lowest BCUT2D eigenvalue weighted by atomic mass is 10.1. The van der Waals surface area contributed by atoms with Crippen molar-refractivity contribution >= 4 is 6.09 Å². The zero-order chi connectivity index (χ0) is 12.3. The number of carbonyl (C=O) groups is 1. The van der Waals surface area contributed by atoms with Crippen molar-refractivity contribution in [3.63, 3.8) is 0 Å². The van der Waals surface area contributed by atoms with Crippen LogP contribution in [-0.2, 0) is 0 Å². The Morgan fingerprint density at radius 2 is 2.41 bits per heavy atom. The molecule has 17 heavy (non-hydrogen) atoms. The highest BCUT2D eigenvalue weighted by molar-refractivity contribution is 5.66. The molecule has 1 N–H and O–H groups in total.